The number of aryl methyl sites for hydroxylation is 2. The van der Waals surface area contributed by atoms with Crippen molar-refractivity contribution < 1.29 is 0 Å². The minimum absolute atomic E-state index is 0.694. The van der Waals surface area contributed by atoms with E-state index in [4.69, 9.17) is 0 Å². The average Bonchev–Trinajstić information content (AvgIpc) is 2.95. The average molecular weight is 271 g/mol. The Morgan fingerprint density at radius 2 is 1.85 bits per heavy atom. The largest absolute Gasteiger partial charge is 0.314 e. The summed E-state index contributed by atoms with van der Waals surface area (Å²) in [7, 11) is 0. The lowest BCUT2D eigenvalue weighted by Crippen LogP contribution is -2.39. The summed E-state index contributed by atoms with van der Waals surface area (Å²) < 4.78 is 0. The quantitative estimate of drug-likeness (QED) is 0.843. The minimum atomic E-state index is 0.694. The number of rotatable bonds is 5. The van der Waals surface area contributed by atoms with Crippen LogP contribution in [-0.2, 0) is 19.3 Å². The molecule has 1 aromatic carbocycles. The Labute approximate surface area is 124 Å². The third kappa shape index (κ3) is 3.25. The van der Waals surface area contributed by atoms with Gasteiger partial charge in [0.2, 0.25) is 0 Å². The number of likely N-dealkylation sites (N-methyl/N-ethyl adjacent to an activating group) is 1. The van der Waals surface area contributed by atoms with Crippen molar-refractivity contribution >= 4 is 0 Å². The van der Waals surface area contributed by atoms with Gasteiger partial charge in [0.25, 0.3) is 0 Å². The fourth-order valence-electron chi connectivity index (χ4n) is 4.21. The number of hydrogen-bond acceptors (Lipinski definition) is 1. The SMILES string of the molecule is CCNC(Cc1ccc2c(c1)CCC2)C1CCCCC1. The first kappa shape index (κ1) is 14.1. The van der Waals surface area contributed by atoms with E-state index in [1.165, 1.54) is 57.8 Å². The Morgan fingerprint density at radius 1 is 1.05 bits per heavy atom. The van der Waals surface area contributed by atoms with Crippen LogP contribution in [0.5, 0.6) is 0 Å². The van der Waals surface area contributed by atoms with Crippen LogP contribution in [0.15, 0.2) is 18.2 Å². The highest BCUT2D eigenvalue weighted by molar-refractivity contribution is 5.35. The van der Waals surface area contributed by atoms with Gasteiger partial charge in [0.05, 0.1) is 0 Å². The zero-order valence-electron chi connectivity index (χ0n) is 13.0. The molecule has 1 aromatic rings. The fraction of sp³-hybridized carbons (Fsp3) is 0.684. The molecule has 0 heterocycles. The fourth-order valence-corrected chi connectivity index (χ4v) is 4.21. The molecule has 0 aliphatic heterocycles. The molecule has 0 aromatic heterocycles. The highest BCUT2D eigenvalue weighted by Crippen LogP contribution is 2.29. The predicted molar refractivity (Wildman–Crippen MR) is 86.2 cm³/mol. The van der Waals surface area contributed by atoms with Crippen LogP contribution < -0.4 is 5.32 Å². The van der Waals surface area contributed by atoms with Crippen molar-refractivity contribution in [1.82, 2.24) is 5.32 Å². The summed E-state index contributed by atoms with van der Waals surface area (Å²) in [6.45, 7) is 3.35. The number of nitrogens with one attached hydrogen (secondary N) is 1. The Bertz CT molecular complexity index is 431. The van der Waals surface area contributed by atoms with Gasteiger partial charge in [-0.25, -0.2) is 0 Å². The van der Waals surface area contributed by atoms with Crippen molar-refractivity contribution in [2.75, 3.05) is 6.54 Å². The smallest absolute Gasteiger partial charge is 0.0136 e. The molecule has 0 spiro atoms. The molecule has 20 heavy (non-hydrogen) atoms. The molecule has 1 heteroatoms. The zero-order valence-corrected chi connectivity index (χ0v) is 13.0. The third-order valence-corrected chi connectivity index (χ3v) is 5.30. The molecule has 110 valence electrons. The molecule has 1 fully saturated rings. The second-order valence-electron chi connectivity index (χ2n) is 6.72. The van der Waals surface area contributed by atoms with Gasteiger partial charge in [-0.1, -0.05) is 44.4 Å². The Balaban J connectivity index is 1.68. The van der Waals surface area contributed by atoms with Crippen LogP contribution in [0.3, 0.4) is 0 Å². The first-order valence-corrected chi connectivity index (χ1v) is 8.71. The molecular formula is C19H29N. The summed E-state index contributed by atoms with van der Waals surface area (Å²) in [6, 6.07) is 7.97. The standard InChI is InChI=1S/C19H29N/c1-2-20-19(17-7-4-3-5-8-17)14-15-11-12-16-9-6-10-18(16)13-15/h11-13,17,19-20H,2-10,14H2,1H3. The molecule has 1 saturated carbocycles. The van der Waals surface area contributed by atoms with Gasteiger partial charge < -0.3 is 5.32 Å². The minimum Gasteiger partial charge on any atom is -0.314 e. The van der Waals surface area contributed by atoms with Crippen LogP contribution in [0.1, 0.15) is 62.1 Å². The molecule has 2 aliphatic carbocycles. The lowest BCUT2D eigenvalue weighted by atomic mass is 9.81. The number of fused-ring (bicyclic) bond motifs is 1. The molecule has 3 rings (SSSR count). The van der Waals surface area contributed by atoms with Crippen LogP contribution in [0, 0.1) is 5.92 Å². The molecule has 1 N–H and O–H groups in total. The Morgan fingerprint density at radius 3 is 2.65 bits per heavy atom. The summed E-state index contributed by atoms with van der Waals surface area (Å²) >= 11 is 0. The summed E-state index contributed by atoms with van der Waals surface area (Å²) in [5.41, 5.74) is 4.79. The summed E-state index contributed by atoms with van der Waals surface area (Å²) in [4.78, 5) is 0. The Hall–Kier alpha value is -0.820. The van der Waals surface area contributed by atoms with Gasteiger partial charge in [0.1, 0.15) is 0 Å². The second kappa shape index (κ2) is 6.76. The van der Waals surface area contributed by atoms with Crippen molar-refractivity contribution in [1.29, 1.82) is 0 Å². The van der Waals surface area contributed by atoms with Gasteiger partial charge >= 0.3 is 0 Å². The Kier molecular flexibility index (Phi) is 4.77. The van der Waals surface area contributed by atoms with Crippen LogP contribution in [0.25, 0.3) is 0 Å². The molecule has 2 aliphatic rings. The molecular weight excluding hydrogens is 242 g/mol. The van der Waals surface area contributed by atoms with Crippen molar-refractivity contribution in [3.63, 3.8) is 0 Å². The van der Waals surface area contributed by atoms with Gasteiger partial charge in [-0.3, -0.25) is 0 Å². The van der Waals surface area contributed by atoms with Crippen molar-refractivity contribution in [3.05, 3.63) is 34.9 Å². The maximum Gasteiger partial charge on any atom is 0.0136 e. The van der Waals surface area contributed by atoms with Gasteiger partial charge in [-0.05, 0) is 67.7 Å². The maximum atomic E-state index is 3.77. The van der Waals surface area contributed by atoms with Crippen molar-refractivity contribution in [2.24, 2.45) is 5.92 Å². The van der Waals surface area contributed by atoms with Gasteiger partial charge in [-0.2, -0.15) is 0 Å². The van der Waals surface area contributed by atoms with E-state index in [2.05, 4.69) is 30.4 Å². The highest BCUT2D eigenvalue weighted by atomic mass is 14.9. The topological polar surface area (TPSA) is 12.0 Å². The zero-order chi connectivity index (χ0) is 13.8. The lowest BCUT2D eigenvalue weighted by molar-refractivity contribution is 0.269. The second-order valence-corrected chi connectivity index (χ2v) is 6.72. The highest BCUT2D eigenvalue weighted by Gasteiger charge is 2.23. The molecule has 0 radical (unpaired) electrons. The number of benzene rings is 1. The van der Waals surface area contributed by atoms with Gasteiger partial charge in [0, 0.05) is 6.04 Å². The van der Waals surface area contributed by atoms with Gasteiger partial charge in [-0.15, -0.1) is 0 Å². The van der Waals surface area contributed by atoms with E-state index in [9.17, 15) is 0 Å². The monoisotopic (exact) mass is 271 g/mol. The molecule has 1 atom stereocenters. The molecule has 0 amide bonds. The van der Waals surface area contributed by atoms with Gasteiger partial charge in [0.15, 0.2) is 0 Å². The summed E-state index contributed by atoms with van der Waals surface area (Å²) in [6.07, 6.45) is 12.4. The lowest BCUT2D eigenvalue weighted by Gasteiger charge is -2.31. The summed E-state index contributed by atoms with van der Waals surface area (Å²) in [5.74, 6) is 0.900. The normalized spacial score (nSPS) is 20.9. The van der Waals surface area contributed by atoms with Crippen LogP contribution >= 0.6 is 0 Å². The van der Waals surface area contributed by atoms with Crippen LogP contribution in [0.2, 0.25) is 0 Å². The van der Waals surface area contributed by atoms with Crippen molar-refractivity contribution in [3.8, 4) is 0 Å². The van der Waals surface area contributed by atoms with E-state index < -0.39 is 0 Å². The van der Waals surface area contributed by atoms with E-state index in [0.29, 0.717) is 6.04 Å². The summed E-state index contributed by atoms with van der Waals surface area (Å²) in [5, 5.41) is 3.77. The van der Waals surface area contributed by atoms with Crippen molar-refractivity contribution in [2.45, 2.75) is 70.8 Å². The molecule has 1 unspecified atom stereocenters. The number of hydrogen-bond donors (Lipinski definition) is 1. The van der Waals surface area contributed by atoms with E-state index in [1.54, 1.807) is 16.7 Å². The van der Waals surface area contributed by atoms with Crippen LogP contribution in [-0.4, -0.2) is 12.6 Å². The van der Waals surface area contributed by atoms with E-state index in [1.807, 2.05) is 0 Å². The maximum absolute atomic E-state index is 3.77. The first-order chi connectivity index (χ1) is 9.86. The first-order valence-electron chi connectivity index (χ1n) is 8.71. The van der Waals surface area contributed by atoms with E-state index >= 15 is 0 Å². The predicted octanol–water partition coefficient (Wildman–Crippen LogP) is 4.28. The molecule has 0 bridgehead atoms. The van der Waals surface area contributed by atoms with Crippen LogP contribution in [0.4, 0.5) is 0 Å². The van der Waals surface area contributed by atoms with E-state index in [-0.39, 0.29) is 0 Å². The van der Waals surface area contributed by atoms with E-state index in [0.717, 1.165) is 12.5 Å². The molecule has 1 nitrogen and oxygen atoms in total. The molecule has 0 saturated heterocycles. The third-order valence-electron chi connectivity index (χ3n) is 5.30.